The van der Waals surface area contributed by atoms with Gasteiger partial charge in [0.25, 0.3) is 5.91 Å². The first-order valence-electron chi connectivity index (χ1n) is 5.71. The van der Waals surface area contributed by atoms with Crippen LogP contribution in [0.5, 0.6) is 0 Å². The van der Waals surface area contributed by atoms with Crippen LogP contribution in [0.4, 0.5) is 5.82 Å². The number of anilines is 1. The van der Waals surface area contributed by atoms with Gasteiger partial charge in [0.15, 0.2) is 0 Å². The molecule has 0 aliphatic carbocycles. The first-order chi connectivity index (χ1) is 8.70. The van der Waals surface area contributed by atoms with Crippen molar-refractivity contribution in [2.45, 2.75) is 19.8 Å². The largest absolute Gasteiger partial charge is 0.306 e. The highest BCUT2D eigenvalue weighted by Gasteiger charge is 2.13. The molecule has 0 bridgehead atoms. The van der Waals surface area contributed by atoms with E-state index in [0.29, 0.717) is 10.7 Å². The fraction of sp³-hybridized carbons (Fsp3) is 0.231. The summed E-state index contributed by atoms with van der Waals surface area (Å²) in [7, 11) is 0. The molecular weight excluding hydrogens is 312 g/mol. The fourth-order valence-electron chi connectivity index (χ4n) is 1.53. The van der Waals surface area contributed by atoms with Crippen LogP contribution < -0.4 is 5.32 Å². The number of rotatable bonds is 4. The molecule has 0 unspecified atom stereocenters. The molecule has 3 nitrogen and oxygen atoms in total. The molecule has 0 fully saturated rings. The Kier molecular flexibility index (Phi) is 4.49. The molecule has 18 heavy (non-hydrogen) atoms. The molecule has 0 aromatic carbocycles. The van der Waals surface area contributed by atoms with Crippen LogP contribution in [0.25, 0.3) is 0 Å². The summed E-state index contributed by atoms with van der Waals surface area (Å²) in [6.45, 7) is 2.12. The van der Waals surface area contributed by atoms with E-state index < -0.39 is 0 Å². The van der Waals surface area contributed by atoms with Crippen LogP contribution in [0.1, 0.15) is 27.9 Å². The molecule has 2 aromatic heterocycles. The van der Waals surface area contributed by atoms with Gasteiger partial charge in [-0.05, 0) is 40.5 Å². The number of hydrogen-bond donors (Lipinski definition) is 1. The summed E-state index contributed by atoms with van der Waals surface area (Å²) in [5.41, 5.74) is 0. The van der Waals surface area contributed by atoms with E-state index in [2.05, 4.69) is 33.2 Å². The average molecular weight is 325 g/mol. The average Bonchev–Trinajstić information content (AvgIpc) is 2.73. The van der Waals surface area contributed by atoms with Crippen LogP contribution in [-0.2, 0) is 6.42 Å². The molecule has 0 spiro atoms. The molecule has 2 rings (SSSR count). The monoisotopic (exact) mass is 324 g/mol. The number of thiophene rings is 1. The minimum atomic E-state index is -0.109. The van der Waals surface area contributed by atoms with Gasteiger partial charge >= 0.3 is 0 Å². The van der Waals surface area contributed by atoms with E-state index in [1.54, 1.807) is 12.3 Å². The van der Waals surface area contributed by atoms with Crippen LogP contribution in [0.3, 0.4) is 0 Å². The highest BCUT2D eigenvalue weighted by Crippen LogP contribution is 2.29. The number of halogens is 1. The molecule has 0 saturated heterocycles. The molecule has 1 amide bonds. The maximum absolute atomic E-state index is 12.0. The fourth-order valence-corrected chi connectivity index (χ4v) is 3.40. The molecule has 2 heterocycles. The number of nitrogens with one attached hydrogen (secondary N) is 1. The molecule has 2 aromatic rings. The Labute approximate surface area is 118 Å². The Morgan fingerprint density at radius 2 is 2.33 bits per heavy atom. The molecule has 1 N–H and O–H groups in total. The van der Waals surface area contributed by atoms with Crippen molar-refractivity contribution in [2.24, 2.45) is 0 Å². The molecule has 94 valence electrons. The number of carbonyl (C=O) groups excluding carboxylic acids is 1. The molecule has 0 aliphatic rings. The third-order valence-electron chi connectivity index (χ3n) is 2.36. The van der Waals surface area contributed by atoms with Gasteiger partial charge in [-0.2, -0.15) is 0 Å². The number of aromatic nitrogens is 1. The van der Waals surface area contributed by atoms with E-state index in [1.807, 2.05) is 18.2 Å². The van der Waals surface area contributed by atoms with E-state index in [1.165, 1.54) is 16.2 Å². The van der Waals surface area contributed by atoms with Gasteiger partial charge in [0.05, 0.1) is 4.88 Å². The maximum Gasteiger partial charge on any atom is 0.266 e. The number of nitrogens with zero attached hydrogens (tertiary/aromatic N) is 1. The number of carbonyl (C=O) groups is 1. The molecular formula is C13H13BrN2OS. The third kappa shape index (κ3) is 3.17. The van der Waals surface area contributed by atoms with Crippen molar-refractivity contribution in [1.82, 2.24) is 4.98 Å². The Morgan fingerprint density at radius 3 is 3.00 bits per heavy atom. The quantitative estimate of drug-likeness (QED) is 0.919. The zero-order valence-electron chi connectivity index (χ0n) is 9.94. The predicted molar refractivity (Wildman–Crippen MR) is 78.2 cm³/mol. The zero-order chi connectivity index (χ0) is 13.0. The highest BCUT2D eigenvalue weighted by molar-refractivity contribution is 9.10. The van der Waals surface area contributed by atoms with Gasteiger partial charge in [-0.1, -0.05) is 19.4 Å². The highest BCUT2D eigenvalue weighted by atomic mass is 79.9. The van der Waals surface area contributed by atoms with Gasteiger partial charge in [0.1, 0.15) is 5.82 Å². The van der Waals surface area contributed by atoms with Crippen LogP contribution in [0.2, 0.25) is 0 Å². The van der Waals surface area contributed by atoms with Crippen molar-refractivity contribution in [3.63, 3.8) is 0 Å². The minimum absolute atomic E-state index is 0.109. The standard InChI is InChI=1S/C13H13BrN2OS/c1-2-5-10-9(14)8-11(18-10)13(17)16-12-6-3-4-7-15-12/h3-4,6-8H,2,5H2,1H3,(H,15,16,17). The van der Waals surface area contributed by atoms with Gasteiger partial charge < -0.3 is 5.32 Å². The Balaban J connectivity index is 2.12. The van der Waals surface area contributed by atoms with Crippen LogP contribution in [0, 0.1) is 0 Å². The molecule has 0 radical (unpaired) electrons. The summed E-state index contributed by atoms with van der Waals surface area (Å²) >= 11 is 5.01. The van der Waals surface area contributed by atoms with Crippen molar-refractivity contribution < 1.29 is 4.79 Å². The van der Waals surface area contributed by atoms with Crippen LogP contribution in [-0.4, -0.2) is 10.9 Å². The second-order valence-electron chi connectivity index (χ2n) is 3.80. The number of amides is 1. The van der Waals surface area contributed by atoms with Crippen molar-refractivity contribution in [2.75, 3.05) is 5.32 Å². The van der Waals surface area contributed by atoms with E-state index in [9.17, 15) is 4.79 Å². The van der Waals surface area contributed by atoms with Crippen LogP contribution in [0.15, 0.2) is 34.9 Å². The molecule has 5 heteroatoms. The molecule has 0 aliphatic heterocycles. The van der Waals surface area contributed by atoms with E-state index in [4.69, 9.17) is 0 Å². The van der Waals surface area contributed by atoms with Gasteiger partial charge in [0, 0.05) is 15.5 Å². The summed E-state index contributed by atoms with van der Waals surface area (Å²) in [5.74, 6) is 0.464. The van der Waals surface area contributed by atoms with Crippen molar-refractivity contribution in [3.05, 3.63) is 44.7 Å². The lowest BCUT2D eigenvalue weighted by Gasteiger charge is -2.00. The van der Waals surface area contributed by atoms with Crippen LogP contribution >= 0.6 is 27.3 Å². The normalized spacial score (nSPS) is 10.3. The number of pyridine rings is 1. The first kappa shape index (κ1) is 13.2. The topological polar surface area (TPSA) is 42.0 Å². The number of aryl methyl sites for hydroxylation is 1. The molecule has 0 saturated carbocycles. The molecule has 0 atom stereocenters. The van der Waals surface area contributed by atoms with E-state index in [0.717, 1.165) is 17.3 Å². The minimum Gasteiger partial charge on any atom is -0.306 e. The Morgan fingerprint density at radius 1 is 1.50 bits per heavy atom. The summed E-state index contributed by atoms with van der Waals surface area (Å²) in [6.07, 6.45) is 3.71. The second kappa shape index (κ2) is 6.11. The SMILES string of the molecule is CCCc1sc(C(=O)Nc2ccccn2)cc1Br. The van der Waals surface area contributed by atoms with E-state index >= 15 is 0 Å². The number of hydrogen-bond acceptors (Lipinski definition) is 3. The Bertz CT molecular complexity index is 539. The predicted octanol–water partition coefficient (Wildman–Crippen LogP) is 4.11. The lowest BCUT2D eigenvalue weighted by Crippen LogP contribution is -2.10. The summed E-state index contributed by atoms with van der Waals surface area (Å²) in [5, 5.41) is 2.78. The van der Waals surface area contributed by atoms with Crippen molar-refractivity contribution in [3.8, 4) is 0 Å². The zero-order valence-corrected chi connectivity index (χ0v) is 12.3. The summed E-state index contributed by atoms with van der Waals surface area (Å²) < 4.78 is 1.01. The lowest BCUT2D eigenvalue weighted by molar-refractivity contribution is 0.103. The smallest absolute Gasteiger partial charge is 0.266 e. The summed E-state index contributed by atoms with van der Waals surface area (Å²) in [4.78, 5) is 18.0. The lowest BCUT2D eigenvalue weighted by atomic mass is 10.3. The third-order valence-corrected chi connectivity index (χ3v) is 4.53. The van der Waals surface area contributed by atoms with E-state index in [-0.39, 0.29) is 5.91 Å². The second-order valence-corrected chi connectivity index (χ2v) is 5.79. The first-order valence-corrected chi connectivity index (χ1v) is 7.32. The van der Waals surface area contributed by atoms with Crippen molar-refractivity contribution in [1.29, 1.82) is 0 Å². The van der Waals surface area contributed by atoms with Crippen molar-refractivity contribution >= 4 is 39.0 Å². The van der Waals surface area contributed by atoms with Gasteiger partial charge in [-0.15, -0.1) is 11.3 Å². The maximum atomic E-state index is 12.0. The van der Waals surface area contributed by atoms with Gasteiger partial charge in [-0.3, -0.25) is 4.79 Å². The van der Waals surface area contributed by atoms with Gasteiger partial charge in [-0.25, -0.2) is 4.98 Å². The Hall–Kier alpha value is -1.20. The van der Waals surface area contributed by atoms with Gasteiger partial charge in [0.2, 0.25) is 0 Å². The summed E-state index contributed by atoms with van der Waals surface area (Å²) in [6, 6.07) is 7.30.